The Morgan fingerprint density at radius 1 is 1.14 bits per heavy atom. The number of aromatic nitrogens is 3. The number of aromatic amines is 1. The summed E-state index contributed by atoms with van der Waals surface area (Å²) in [6, 6.07) is 12.1. The van der Waals surface area contributed by atoms with E-state index in [0.717, 1.165) is 5.39 Å². The number of amides is 1. The fourth-order valence-electron chi connectivity index (χ4n) is 3.26. The van der Waals surface area contributed by atoms with Gasteiger partial charge in [0.05, 0.1) is 10.9 Å². The number of rotatable bonds is 4. The molecule has 2 aromatic heterocycles. The summed E-state index contributed by atoms with van der Waals surface area (Å²) in [4.78, 5) is 25.4. The molecule has 4 rings (SSSR count). The lowest BCUT2D eigenvalue weighted by Gasteiger charge is -2.12. The van der Waals surface area contributed by atoms with E-state index in [0.29, 0.717) is 37.8 Å². The number of carbonyl (C=O) groups is 1. The van der Waals surface area contributed by atoms with Crippen molar-refractivity contribution in [2.75, 3.05) is 5.32 Å². The van der Waals surface area contributed by atoms with Crippen molar-refractivity contribution >= 4 is 56.6 Å². The van der Waals surface area contributed by atoms with Crippen LogP contribution >= 0.6 is 23.2 Å². The molecular formula is C20H16Cl2N4O2. The van der Waals surface area contributed by atoms with Crippen molar-refractivity contribution in [1.29, 1.82) is 0 Å². The van der Waals surface area contributed by atoms with E-state index in [1.165, 1.54) is 0 Å². The molecule has 0 saturated carbocycles. The summed E-state index contributed by atoms with van der Waals surface area (Å²) in [5, 5.41) is 12.4. The summed E-state index contributed by atoms with van der Waals surface area (Å²) in [7, 11) is 0. The molecule has 0 bridgehead atoms. The number of carbonyl (C=O) groups excluding carboxylic acids is 1. The van der Waals surface area contributed by atoms with E-state index in [1.54, 1.807) is 54.0 Å². The summed E-state index contributed by atoms with van der Waals surface area (Å²) < 4.78 is 1.60. The van der Waals surface area contributed by atoms with Gasteiger partial charge in [-0.05, 0) is 49.4 Å². The summed E-state index contributed by atoms with van der Waals surface area (Å²) in [5.41, 5.74) is 2.42. The minimum atomic E-state index is -0.194. The Bertz CT molecular complexity index is 1260. The standard InChI is InChI=1S/C20H16Cl2N4O2/c1-11-18-19(25-24-11)15-10-13(22)4-7-16(15)26(20(18)28)9-8-17(27)23-14-5-2-12(21)3-6-14/h2-7,10H,8-9H2,1H3,(H,23,27)(H,24,25). The van der Waals surface area contributed by atoms with Crippen LogP contribution in [0.5, 0.6) is 0 Å². The third kappa shape index (κ3) is 3.37. The number of H-pyrrole nitrogens is 1. The summed E-state index contributed by atoms with van der Waals surface area (Å²) in [5.74, 6) is -0.194. The van der Waals surface area contributed by atoms with Crippen LogP contribution in [0.3, 0.4) is 0 Å². The van der Waals surface area contributed by atoms with Crippen LogP contribution in [0.2, 0.25) is 10.0 Å². The van der Waals surface area contributed by atoms with Crippen LogP contribution < -0.4 is 10.9 Å². The average Bonchev–Trinajstić information content (AvgIpc) is 3.06. The zero-order valence-corrected chi connectivity index (χ0v) is 16.4. The molecule has 0 atom stereocenters. The van der Waals surface area contributed by atoms with Crippen molar-refractivity contribution in [3.8, 4) is 0 Å². The molecular weight excluding hydrogens is 399 g/mol. The maximum atomic E-state index is 13.0. The SMILES string of the molecule is Cc1[nH]nc2c1c(=O)n(CCC(=O)Nc1ccc(Cl)cc1)c1ccc(Cl)cc21. The van der Waals surface area contributed by atoms with Gasteiger partial charge < -0.3 is 9.88 Å². The number of nitrogens with zero attached hydrogens (tertiary/aromatic N) is 2. The molecule has 4 aromatic rings. The molecule has 0 spiro atoms. The first-order chi connectivity index (χ1) is 13.4. The Labute approximate surface area is 170 Å². The lowest BCUT2D eigenvalue weighted by Crippen LogP contribution is -2.24. The molecule has 0 fully saturated rings. The van der Waals surface area contributed by atoms with Gasteiger partial charge in [-0.15, -0.1) is 0 Å². The van der Waals surface area contributed by atoms with E-state index in [2.05, 4.69) is 15.5 Å². The quantitative estimate of drug-likeness (QED) is 0.514. The van der Waals surface area contributed by atoms with Gasteiger partial charge in [0.15, 0.2) is 0 Å². The first-order valence-electron chi connectivity index (χ1n) is 8.66. The highest BCUT2D eigenvalue weighted by molar-refractivity contribution is 6.31. The lowest BCUT2D eigenvalue weighted by atomic mass is 10.1. The lowest BCUT2D eigenvalue weighted by molar-refractivity contribution is -0.116. The van der Waals surface area contributed by atoms with Crippen molar-refractivity contribution in [1.82, 2.24) is 14.8 Å². The predicted molar refractivity (Wildman–Crippen MR) is 112 cm³/mol. The van der Waals surface area contributed by atoms with Gasteiger partial charge in [0, 0.05) is 39.8 Å². The van der Waals surface area contributed by atoms with Gasteiger partial charge in [0.1, 0.15) is 5.52 Å². The number of aryl methyl sites for hydroxylation is 2. The van der Waals surface area contributed by atoms with Gasteiger partial charge in [-0.2, -0.15) is 5.10 Å². The highest BCUT2D eigenvalue weighted by atomic mass is 35.5. The average molecular weight is 415 g/mol. The van der Waals surface area contributed by atoms with Gasteiger partial charge in [-0.3, -0.25) is 14.7 Å². The zero-order valence-electron chi connectivity index (χ0n) is 14.9. The molecule has 2 aromatic carbocycles. The number of benzene rings is 2. The second-order valence-electron chi connectivity index (χ2n) is 6.50. The number of halogens is 2. The van der Waals surface area contributed by atoms with E-state index in [9.17, 15) is 9.59 Å². The number of nitrogens with one attached hydrogen (secondary N) is 2. The third-order valence-electron chi connectivity index (χ3n) is 4.60. The molecule has 142 valence electrons. The molecule has 1 amide bonds. The summed E-state index contributed by atoms with van der Waals surface area (Å²) in [6.07, 6.45) is 0.142. The summed E-state index contributed by atoms with van der Waals surface area (Å²) in [6.45, 7) is 2.03. The Morgan fingerprint density at radius 3 is 2.61 bits per heavy atom. The molecule has 6 nitrogen and oxygen atoms in total. The Hall–Kier alpha value is -2.83. The molecule has 2 heterocycles. The highest BCUT2D eigenvalue weighted by Gasteiger charge is 2.16. The second-order valence-corrected chi connectivity index (χ2v) is 7.37. The normalized spacial score (nSPS) is 11.2. The molecule has 28 heavy (non-hydrogen) atoms. The zero-order chi connectivity index (χ0) is 19.8. The van der Waals surface area contributed by atoms with E-state index >= 15 is 0 Å². The summed E-state index contributed by atoms with van der Waals surface area (Å²) >= 11 is 12.0. The molecule has 0 radical (unpaired) electrons. The minimum Gasteiger partial charge on any atom is -0.326 e. The maximum Gasteiger partial charge on any atom is 0.262 e. The molecule has 0 aliphatic rings. The first-order valence-corrected chi connectivity index (χ1v) is 9.42. The number of hydrogen-bond acceptors (Lipinski definition) is 3. The predicted octanol–water partition coefficient (Wildman–Crippen LogP) is 4.52. The molecule has 2 N–H and O–H groups in total. The number of anilines is 1. The van der Waals surface area contributed by atoms with Crippen LogP contribution in [-0.2, 0) is 11.3 Å². The number of hydrogen-bond donors (Lipinski definition) is 2. The molecule has 0 saturated heterocycles. The fourth-order valence-corrected chi connectivity index (χ4v) is 3.55. The van der Waals surface area contributed by atoms with Gasteiger partial charge in [0.25, 0.3) is 5.56 Å². The largest absolute Gasteiger partial charge is 0.326 e. The van der Waals surface area contributed by atoms with Gasteiger partial charge in [-0.1, -0.05) is 23.2 Å². The molecule has 0 aliphatic heterocycles. The minimum absolute atomic E-state index is 0.142. The van der Waals surface area contributed by atoms with E-state index in [-0.39, 0.29) is 24.4 Å². The number of fused-ring (bicyclic) bond motifs is 3. The van der Waals surface area contributed by atoms with Crippen molar-refractivity contribution in [3.63, 3.8) is 0 Å². The van der Waals surface area contributed by atoms with Gasteiger partial charge >= 0.3 is 0 Å². The van der Waals surface area contributed by atoms with Crippen LogP contribution in [0.25, 0.3) is 21.8 Å². The fraction of sp³-hybridized carbons (Fsp3) is 0.150. The van der Waals surface area contributed by atoms with Crippen molar-refractivity contribution in [3.05, 3.63) is 68.6 Å². The van der Waals surface area contributed by atoms with Crippen LogP contribution in [0, 0.1) is 6.92 Å². The van der Waals surface area contributed by atoms with E-state index in [1.807, 2.05) is 0 Å². The Morgan fingerprint density at radius 2 is 1.86 bits per heavy atom. The molecule has 0 aliphatic carbocycles. The van der Waals surface area contributed by atoms with Crippen molar-refractivity contribution < 1.29 is 4.79 Å². The van der Waals surface area contributed by atoms with Crippen molar-refractivity contribution in [2.24, 2.45) is 0 Å². The topological polar surface area (TPSA) is 79.8 Å². The second kappa shape index (κ2) is 7.30. The number of pyridine rings is 1. The van der Waals surface area contributed by atoms with Crippen LogP contribution in [0.1, 0.15) is 12.1 Å². The van der Waals surface area contributed by atoms with Crippen LogP contribution in [0.4, 0.5) is 5.69 Å². The highest BCUT2D eigenvalue weighted by Crippen LogP contribution is 2.26. The maximum absolute atomic E-state index is 13.0. The van der Waals surface area contributed by atoms with Crippen LogP contribution in [-0.4, -0.2) is 20.7 Å². The monoisotopic (exact) mass is 414 g/mol. The van der Waals surface area contributed by atoms with E-state index < -0.39 is 0 Å². The van der Waals surface area contributed by atoms with E-state index in [4.69, 9.17) is 23.2 Å². The molecule has 8 heteroatoms. The molecule has 0 unspecified atom stereocenters. The third-order valence-corrected chi connectivity index (χ3v) is 5.09. The van der Waals surface area contributed by atoms with Gasteiger partial charge in [0.2, 0.25) is 5.91 Å². The van der Waals surface area contributed by atoms with Crippen LogP contribution in [0.15, 0.2) is 47.3 Å². The Balaban J connectivity index is 1.68. The Kier molecular flexibility index (Phi) is 4.83. The first kappa shape index (κ1) is 18.5. The smallest absolute Gasteiger partial charge is 0.262 e. The van der Waals surface area contributed by atoms with Crippen molar-refractivity contribution in [2.45, 2.75) is 19.9 Å². The van der Waals surface area contributed by atoms with Gasteiger partial charge in [-0.25, -0.2) is 0 Å².